The number of carbonyl (C=O) groups excluding carboxylic acids is 1. The van der Waals surface area contributed by atoms with Crippen molar-refractivity contribution in [3.05, 3.63) is 86.1 Å². The van der Waals surface area contributed by atoms with Crippen molar-refractivity contribution in [2.45, 2.75) is 6.54 Å². The van der Waals surface area contributed by atoms with Crippen LogP contribution in [0.1, 0.15) is 21.6 Å². The van der Waals surface area contributed by atoms with Gasteiger partial charge >= 0.3 is 0 Å². The van der Waals surface area contributed by atoms with Crippen LogP contribution in [0, 0.1) is 0 Å². The van der Waals surface area contributed by atoms with Gasteiger partial charge in [0.2, 0.25) is 0 Å². The summed E-state index contributed by atoms with van der Waals surface area (Å²) >= 11 is 15.1. The van der Waals surface area contributed by atoms with Crippen LogP contribution < -0.4 is 5.43 Å². The Kier molecular flexibility index (Phi) is 6.08. The van der Waals surface area contributed by atoms with Crippen LogP contribution in [0.2, 0.25) is 10.0 Å². The Labute approximate surface area is 168 Å². The SMILES string of the molecule is O=C(N/N=C\c1ccc(Cl)cc1)c1nn(Cc2ccc(Cl)cc2)cc1Br. The summed E-state index contributed by atoms with van der Waals surface area (Å²) in [6.45, 7) is 0.525. The van der Waals surface area contributed by atoms with E-state index in [1.807, 2.05) is 24.3 Å². The average Bonchev–Trinajstić information content (AvgIpc) is 2.99. The van der Waals surface area contributed by atoms with Crippen LogP contribution in [0.4, 0.5) is 0 Å². The van der Waals surface area contributed by atoms with E-state index in [4.69, 9.17) is 23.2 Å². The lowest BCUT2D eigenvalue weighted by molar-refractivity contribution is 0.0948. The molecule has 0 spiro atoms. The van der Waals surface area contributed by atoms with Gasteiger partial charge in [-0.05, 0) is 51.3 Å². The lowest BCUT2D eigenvalue weighted by Crippen LogP contribution is -2.19. The van der Waals surface area contributed by atoms with Gasteiger partial charge in [0.15, 0.2) is 5.69 Å². The van der Waals surface area contributed by atoms with Crippen LogP contribution in [-0.2, 0) is 6.54 Å². The molecule has 0 aliphatic rings. The smallest absolute Gasteiger partial charge is 0.266 e. The molecular formula is C18H13BrCl2N4O. The van der Waals surface area contributed by atoms with Crippen LogP contribution >= 0.6 is 39.1 Å². The lowest BCUT2D eigenvalue weighted by atomic mass is 10.2. The molecule has 0 saturated heterocycles. The molecule has 0 saturated carbocycles. The van der Waals surface area contributed by atoms with Gasteiger partial charge in [0.1, 0.15) is 0 Å². The second kappa shape index (κ2) is 8.49. The Hall–Kier alpha value is -2.15. The first-order valence-corrected chi connectivity index (χ1v) is 9.12. The number of benzene rings is 2. The standard InChI is InChI=1S/C18H13BrCl2N4O/c19-16-11-25(10-13-3-7-15(21)8-4-13)24-17(16)18(26)23-22-9-12-1-5-14(20)6-2-12/h1-9,11H,10H2,(H,23,26)/b22-9-. The van der Waals surface area contributed by atoms with Crippen LogP contribution in [0.15, 0.2) is 64.3 Å². The molecule has 26 heavy (non-hydrogen) atoms. The van der Waals surface area contributed by atoms with E-state index >= 15 is 0 Å². The van der Waals surface area contributed by atoms with Crippen LogP contribution in [0.3, 0.4) is 0 Å². The molecule has 0 radical (unpaired) electrons. The topological polar surface area (TPSA) is 59.3 Å². The molecule has 0 bridgehead atoms. The summed E-state index contributed by atoms with van der Waals surface area (Å²) in [6.07, 6.45) is 3.28. The van der Waals surface area contributed by atoms with Crippen LogP contribution in [0.5, 0.6) is 0 Å². The summed E-state index contributed by atoms with van der Waals surface area (Å²) in [5, 5.41) is 9.55. The molecule has 1 N–H and O–H groups in total. The van der Waals surface area contributed by atoms with Crippen molar-refractivity contribution in [1.29, 1.82) is 0 Å². The fourth-order valence-electron chi connectivity index (χ4n) is 2.18. The maximum absolute atomic E-state index is 12.3. The van der Waals surface area contributed by atoms with E-state index in [1.165, 1.54) is 6.21 Å². The molecule has 1 amide bonds. The highest BCUT2D eigenvalue weighted by Crippen LogP contribution is 2.17. The zero-order valence-corrected chi connectivity index (χ0v) is 16.5. The minimum Gasteiger partial charge on any atom is -0.266 e. The first-order valence-electron chi connectivity index (χ1n) is 7.57. The van der Waals surface area contributed by atoms with Crippen molar-refractivity contribution in [3.8, 4) is 0 Å². The summed E-state index contributed by atoms with van der Waals surface area (Å²) in [7, 11) is 0. The van der Waals surface area contributed by atoms with Gasteiger partial charge in [0, 0.05) is 16.2 Å². The van der Waals surface area contributed by atoms with E-state index in [2.05, 4.69) is 31.6 Å². The average molecular weight is 452 g/mol. The summed E-state index contributed by atoms with van der Waals surface area (Å²) in [6, 6.07) is 14.5. The highest BCUT2D eigenvalue weighted by atomic mass is 79.9. The second-order valence-electron chi connectivity index (χ2n) is 5.40. The van der Waals surface area contributed by atoms with Crippen molar-refractivity contribution in [1.82, 2.24) is 15.2 Å². The van der Waals surface area contributed by atoms with Crippen molar-refractivity contribution < 1.29 is 4.79 Å². The molecule has 8 heteroatoms. The van der Waals surface area contributed by atoms with Gasteiger partial charge in [-0.3, -0.25) is 9.48 Å². The van der Waals surface area contributed by atoms with E-state index in [1.54, 1.807) is 35.1 Å². The first-order chi connectivity index (χ1) is 12.5. The number of halogens is 3. The second-order valence-corrected chi connectivity index (χ2v) is 7.13. The maximum Gasteiger partial charge on any atom is 0.293 e. The normalized spacial score (nSPS) is 11.0. The van der Waals surface area contributed by atoms with Crippen molar-refractivity contribution in [2.24, 2.45) is 5.10 Å². The van der Waals surface area contributed by atoms with Gasteiger partial charge in [0.05, 0.1) is 17.2 Å². The van der Waals surface area contributed by atoms with Crippen molar-refractivity contribution >= 4 is 51.3 Å². The quantitative estimate of drug-likeness (QED) is 0.448. The summed E-state index contributed by atoms with van der Waals surface area (Å²) in [4.78, 5) is 12.3. The van der Waals surface area contributed by atoms with Gasteiger partial charge in [0.25, 0.3) is 5.91 Å². The summed E-state index contributed by atoms with van der Waals surface area (Å²) < 4.78 is 2.26. The third-order valence-electron chi connectivity index (χ3n) is 3.44. The number of aromatic nitrogens is 2. The largest absolute Gasteiger partial charge is 0.293 e. The third-order valence-corrected chi connectivity index (χ3v) is 4.52. The van der Waals surface area contributed by atoms with Crippen molar-refractivity contribution in [2.75, 3.05) is 0 Å². The molecule has 5 nitrogen and oxygen atoms in total. The number of hydrogen-bond donors (Lipinski definition) is 1. The fraction of sp³-hybridized carbons (Fsp3) is 0.0556. The van der Waals surface area contributed by atoms with Crippen LogP contribution in [-0.4, -0.2) is 21.9 Å². The molecule has 0 atom stereocenters. The van der Waals surface area contributed by atoms with E-state index < -0.39 is 5.91 Å². The monoisotopic (exact) mass is 450 g/mol. The van der Waals surface area contributed by atoms with E-state index in [9.17, 15) is 4.79 Å². The third kappa shape index (κ3) is 4.94. The number of nitrogens with zero attached hydrogens (tertiary/aromatic N) is 3. The van der Waals surface area contributed by atoms with E-state index in [0.29, 0.717) is 21.1 Å². The molecule has 3 aromatic rings. The van der Waals surface area contributed by atoms with Crippen molar-refractivity contribution in [3.63, 3.8) is 0 Å². The molecule has 1 aromatic heterocycles. The van der Waals surface area contributed by atoms with Gasteiger partial charge in [-0.25, -0.2) is 5.43 Å². The predicted octanol–water partition coefficient (Wildman–Crippen LogP) is 4.76. The number of rotatable bonds is 5. The predicted molar refractivity (Wildman–Crippen MR) is 107 cm³/mol. The molecule has 3 rings (SSSR count). The van der Waals surface area contributed by atoms with Gasteiger partial charge < -0.3 is 0 Å². The minimum atomic E-state index is -0.406. The Bertz CT molecular complexity index is 937. The molecule has 1 heterocycles. The molecule has 0 aliphatic heterocycles. The maximum atomic E-state index is 12.3. The van der Waals surface area contributed by atoms with Gasteiger partial charge in [-0.15, -0.1) is 0 Å². The fourth-order valence-corrected chi connectivity index (χ4v) is 2.92. The molecule has 0 aliphatic carbocycles. The Morgan fingerprint density at radius 3 is 2.38 bits per heavy atom. The highest BCUT2D eigenvalue weighted by Gasteiger charge is 2.14. The summed E-state index contributed by atoms with van der Waals surface area (Å²) in [5.74, 6) is -0.406. The molecular weight excluding hydrogens is 439 g/mol. The number of hydrazone groups is 1. The Balaban J connectivity index is 1.65. The van der Waals surface area contributed by atoms with E-state index in [0.717, 1.165) is 11.1 Å². The zero-order valence-electron chi connectivity index (χ0n) is 13.4. The number of carbonyl (C=O) groups is 1. The zero-order chi connectivity index (χ0) is 18.5. The number of amides is 1. The molecule has 0 fully saturated rings. The van der Waals surface area contributed by atoms with Gasteiger partial charge in [-0.1, -0.05) is 47.5 Å². The lowest BCUT2D eigenvalue weighted by Gasteiger charge is -2.01. The minimum absolute atomic E-state index is 0.257. The number of hydrogen-bond acceptors (Lipinski definition) is 3. The molecule has 132 valence electrons. The van der Waals surface area contributed by atoms with Crippen LogP contribution in [0.25, 0.3) is 0 Å². The van der Waals surface area contributed by atoms with E-state index in [-0.39, 0.29) is 5.69 Å². The highest BCUT2D eigenvalue weighted by molar-refractivity contribution is 9.10. The van der Waals surface area contributed by atoms with Gasteiger partial charge in [-0.2, -0.15) is 10.2 Å². The number of nitrogens with one attached hydrogen (secondary N) is 1. The first kappa shape index (κ1) is 18.6. The molecule has 0 unspecified atom stereocenters. The molecule has 2 aromatic carbocycles. The Morgan fingerprint density at radius 1 is 1.12 bits per heavy atom. The Morgan fingerprint density at radius 2 is 1.73 bits per heavy atom. The summed E-state index contributed by atoms with van der Waals surface area (Å²) in [5.41, 5.74) is 4.56.